The number of carbonyl (C=O) groups excluding carboxylic acids is 1. The van der Waals surface area contributed by atoms with Gasteiger partial charge >= 0.3 is 0 Å². The molecule has 3 rings (SSSR count). The number of amides is 1. The van der Waals surface area contributed by atoms with E-state index in [1.54, 1.807) is 12.1 Å². The number of hydrogen-bond donors (Lipinski definition) is 2. The molecule has 0 aliphatic carbocycles. The van der Waals surface area contributed by atoms with Crippen LogP contribution in [0.4, 0.5) is 0 Å². The summed E-state index contributed by atoms with van der Waals surface area (Å²) in [6.07, 6.45) is 3.50. The van der Waals surface area contributed by atoms with Crippen molar-refractivity contribution in [3.8, 4) is 0 Å². The molecule has 2 aliphatic heterocycles. The third-order valence-electron chi connectivity index (χ3n) is 3.41. The van der Waals surface area contributed by atoms with Crippen molar-refractivity contribution in [3.05, 3.63) is 21.3 Å². The Bertz CT molecular complexity index is 423. The highest BCUT2D eigenvalue weighted by Crippen LogP contribution is 2.29. The first kappa shape index (κ1) is 13.1. The first-order valence-electron chi connectivity index (χ1n) is 5.54. The van der Waals surface area contributed by atoms with Crippen molar-refractivity contribution in [3.63, 3.8) is 0 Å². The summed E-state index contributed by atoms with van der Waals surface area (Å²) in [6, 6.07) is 4.93. The van der Waals surface area contributed by atoms with Gasteiger partial charge in [0.25, 0.3) is 5.91 Å². The second kappa shape index (κ2) is 5.14. The van der Waals surface area contributed by atoms with Crippen LogP contribution in [0.1, 0.15) is 28.9 Å². The molecule has 2 unspecified atom stereocenters. The van der Waals surface area contributed by atoms with Gasteiger partial charge in [0.2, 0.25) is 0 Å². The molecular weight excluding hydrogens is 279 g/mol. The fraction of sp³-hybridized carbons (Fsp3) is 0.545. The molecule has 6 heteroatoms. The van der Waals surface area contributed by atoms with Gasteiger partial charge in [0.1, 0.15) is 0 Å². The number of hydrogen-bond acceptors (Lipinski definition) is 3. The monoisotopic (exact) mass is 292 g/mol. The Balaban J connectivity index is 0.00000108. The van der Waals surface area contributed by atoms with E-state index in [2.05, 4.69) is 10.6 Å². The van der Waals surface area contributed by atoms with Crippen LogP contribution in [-0.2, 0) is 0 Å². The molecule has 2 aliphatic rings. The topological polar surface area (TPSA) is 41.1 Å². The molecule has 0 aromatic carbocycles. The van der Waals surface area contributed by atoms with Crippen molar-refractivity contribution in [1.29, 1.82) is 0 Å². The van der Waals surface area contributed by atoms with E-state index in [9.17, 15) is 4.79 Å². The molecule has 2 bridgehead atoms. The summed E-state index contributed by atoms with van der Waals surface area (Å²) in [4.78, 5) is 12.6. The van der Waals surface area contributed by atoms with Crippen molar-refractivity contribution in [1.82, 2.24) is 10.6 Å². The zero-order valence-electron chi connectivity index (χ0n) is 9.11. The predicted octanol–water partition coefficient (Wildman–Crippen LogP) is 2.45. The van der Waals surface area contributed by atoms with E-state index < -0.39 is 0 Å². The van der Waals surface area contributed by atoms with Gasteiger partial charge < -0.3 is 10.6 Å². The molecule has 2 fully saturated rings. The first-order valence-corrected chi connectivity index (χ1v) is 6.74. The Kier molecular flexibility index (Phi) is 3.98. The van der Waals surface area contributed by atoms with E-state index in [1.807, 2.05) is 0 Å². The molecule has 2 saturated heterocycles. The maximum Gasteiger partial charge on any atom is 0.261 e. The number of thiophene rings is 1. The van der Waals surface area contributed by atoms with Gasteiger partial charge in [-0.05, 0) is 31.4 Å². The van der Waals surface area contributed by atoms with Crippen LogP contribution in [0.25, 0.3) is 0 Å². The Morgan fingerprint density at radius 1 is 1.47 bits per heavy atom. The number of fused-ring (bicyclic) bond motifs is 2. The molecule has 3 atom stereocenters. The van der Waals surface area contributed by atoms with Crippen LogP contribution in [-0.4, -0.2) is 24.0 Å². The zero-order valence-corrected chi connectivity index (χ0v) is 11.5. The van der Waals surface area contributed by atoms with Gasteiger partial charge in [-0.25, -0.2) is 0 Å². The van der Waals surface area contributed by atoms with Gasteiger partial charge in [0, 0.05) is 18.1 Å². The number of rotatable bonds is 2. The van der Waals surface area contributed by atoms with Crippen LogP contribution in [0.2, 0.25) is 4.34 Å². The highest BCUT2D eigenvalue weighted by atomic mass is 35.5. The quantitative estimate of drug-likeness (QED) is 0.879. The summed E-state index contributed by atoms with van der Waals surface area (Å²) in [6.45, 7) is 0. The minimum absolute atomic E-state index is 0. The second-order valence-corrected chi connectivity index (χ2v) is 6.18. The summed E-state index contributed by atoms with van der Waals surface area (Å²) in [5, 5.41) is 6.59. The van der Waals surface area contributed by atoms with Crippen LogP contribution >= 0.6 is 35.3 Å². The molecule has 3 heterocycles. The molecule has 2 N–H and O–H groups in total. The Morgan fingerprint density at radius 3 is 2.82 bits per heavy atom. The van der Waals surface area contributed by atoms with Crippen LogP contribution < -0.4 is 10.6 Å². The highest BCUT2D eigenvalue weighted by Gasteiger charge is 2.39. The smallest absolute Gasteiger partial charge is 0.261 e. The molecule has 0 spiro atoms. The van der Waals surface area contributed by atoms with Crippen LogP contribution in [0.5, 0.6) is 0 Å². The molecular formula is C11H14Cl2N2OS. The molecule has 17 heavy (non-hydrogen) atoms. The highest BCUT2D eigenvalue weighted by molar-refractivity contribution is 7.17. The van der Waals surface area contributed by atoms with Gasteiger partial charge in [0.15, 0.2) is 0 Å². The second-order valence-electron chi connectivity index (χ2n) is 4.47. The van der Waals surface area contributed by atoms with Crippen LogP contribution in [0.15, 0.2) is 12.1 Å². The van der Waals surface area contributed by atoms with Gasteiger partial charge in [0.05, 0.1) is 9.21 Å². The van der Waals surface area contributed by atoms with Gasteiger partial charge in [-0.1, -0.05) is 11.6 Å². The first-order chi connectivity index (χ1) is 7.72. The number of nitrogens with one attached hydrogen (secondary N) is 2. The van der Waals surface area contributed by atoms with Crippen molar-refractivity contribution in [2.45, 2.75) is 37.4 Å². The van der Waals surface area contributed by atoms with Gasteiger partial charge in [-0.15, -0.1) is 23.7 Å². The number of halogens is 2. The van der Waals surface area contributed by atoms with E-state index in [1.165, 1.54) is 24.2 Å². The largest absolute Gasteiger partial charge is 0.347 e. The molecule has 1 amide bonds. The van der Waals surface area contributed by atoms with E-state index in [4.69, 9.17) is 11.6 Å². The molecule has 0 radical (unpaired) electrons. The Hall–Kier alpha value is -0.290. The summed E-state index contributed by atoms with van der Waals surface area (Å²) in [5.74, 6) is 0.0104. The summed E-state index contributed by atoms with van der Waals surface area (Å²) >= 11 is 7.14. The normalized spacial score (nSPS) is 30.1. The molecule has 1 aromatic heterocycles. The lowest BCUT2D eigenvalue weighted by atomic mass is 9.95. The number of carbonyl (C=O) groups is 1. The lowest BCUT2D eigenvalue weighted by Crippen LogP contribution is -2.42. The van der Waals surface area contributed by atoms with Crippen LogP contribution in [0, 0.1) is 0 Å². The van der Waals surface area contributed by atoms with E-state index in [0.717, 1.165) is 6.42 Å². The van der Waals surface area contributed by atoms with Crippen molar-refractivity contribution in [2.75, 3.05) is 0 Å². The molecule has 0 saturated carbocycles. The SMILES string of the molecule is Cl.O=C(N[C@@H]1CC2CCC1N2)c1ccc(Cl)s1. The van der Waals surface area contributed by atoms with Crippen molar-refractivity contribution >= 4 is 41.3 Å². The predicted molar refractivity (Wildman–Crippen MR) is 72.4 cm³/mol. The van der Waals surface area contributed by atoms with Crippen LogP contribution in [0.3, 0.4) is 0 Å². The van der Waals surface area contributed by atoms with E-state index in [0.29, 0.717) is 27.3 Å². The van der Waals surface area contributed by atoms with E-state index >= 15 is 0 Å². The lowest BCUT2D eigenvalue weighted by molar-refractivity contribution is 0.0935. The fourth-order valence-electron chi connectivity index (χ4n) is 2.66. The average Bonchev–Trinajstić information content (AvgIpc) is 2.92. The third-order valence-corrected chi connectivity index (χ3v) is 4.64. The Morgan fingerprint density at radius 2 is 2.29 bits per heavy atom. The Labute approximate surface area is 115 Å². The standard InChI is InChI=1S/C11H13ClN2OS.ClH/c12-10-4-3-9(16-10)11(15)14-8-5-6-1-2-7(8)13-6;/h3-4,6-8,13H,1-2,5H2,(H,14,15);1H/t6?,7?,8-;/m1./s1. The zero-order chi connectivity index (χ0) is 11.1. The maximum atomic E-state index is 11.9. The van der Waals surface area contributed by atoms with Crippen molar-refractivity contribution in [2.24, 2.45) is 0 Å². The van der Waals surface area contributed by atoms with Gasteiger partial charge in [-0.2, -0.15) is 0 Å². The summed E-state index contributed by atoms with van der Waals surface area (Å²) < 4.78 is 0.663. The summed E-state index contributed by atoms with van der Waals surface area (Å²) in [7, 11) is 0. The minimum atomic E-state index is 0. The molecule has 94 valence electrons. The van der Waals surface area contributed by atoms with Crippen molar-refractivity contribution < 1.29 is 4.79 Å². The molecule has 1 aromatic rings. The van der Waals surface area contributed by atoms with Gasteiger partial charge in [-0.3, -0.25) is 4.79 Å². The minimum Gasteiger partial charge on any atom is -0.347 e. The molecule has 3 nitrogen and oxygen atoms in total. The lowest BCUT2D eigenvalue weighted by Gasteiger charge is -2.20. The summed E-state index contributed by atoms with van der Waals surface area (Å²) in [5.41, 5.74) is 0. The van der Waals surface area contributed by atoms with E-state index in [-0.39, 0.29) is 18.3 Å². The fourth-order valence-corrected chi connectivity index (χ4v) is 3.61. The average molecular weight is 293 g/mol. The third kappa shape index (κ3) is 2.60. The maximum absolute atomic E-state index is 11.9.